The Morgan fingerprint density at radius 1 is 1.27 bits per heavy atom. The first-order valence-electron chi connectivity index (χ1n) is 8.97. The summed E-state index contributed by atoms with van der Waals surface area (Å²) in [5, 5.41) is 21.8. The third-order valence-electron chi connectivity index (χ3n) is 4.18. The highest BCUT2D eigenvalue weighted by Crippen LogP contribution is 2.21. The first-order chi connectivity index (χ1) is 14.5. The van der Waals surface area contributed by atoms with Crippen LogP contribution in [0.3, 0.4) is 0 Å². The molecular weight excluding hydrogens is 392 g/mol. The second-order valence-electron chi connectivity index (χ2n) is 6.39. The number of aryl methyl sites for hydroxylation is 2. The van der Waals surface area contributed by atoms with Gasteiger partial charge in [0, 0.05) is 31.0 Å². The van der Waals surface area contributed by atoms with E-state index in [1.165, 1.54) is 23.1 Å². The number of amides is 1. The van der Waals surface area contributed by atoms with Gasteiger partial charge in [0.05, 0.1) is 22.6 Å². The fourth-order valence-corrected chi connectivity index (χ4v) is 2.79. The number of hydrogen-bond acceptors (Lipinski definition) is 8. The van der Waals surface area contributed by atoms with Gasteiger partial charge in [-0.25, -0.2) is 4.68 Å². The third kappa shape index (κ3) is 4.09. The van der Waals surface area contributed by atoms with Crippen LogP contribution in [0, 0.1) is 17.0 Å². The maximum Gasteiger partial charge on any atom is 0.269 e. The second kappa shape index (κ2) is 7.99. The van der Waals surface area contributed by atoms with E-state index in [9.17, 15) is 14.9 Å². The number of hydrogen-bond donors (Lipinski definition) is 1. The van der Waals surface area contributed by atoms with Crippen molar-refractivity contribution >= 4 is 17.4 Å². The minimum Gasteiger partial charge on any atom is -0.461 e. The highest BCUT2D eigenvalue weighted by Gasteiger charge is 2.15. The molecule has 3 aromatic heterocycles. The van der Waals surface area contributed by atoms with Crippen molar-refractivity contribution in [2.75, 3.05) is 5.32 Å². The maximum absolute atomic E-state index is 12.4. The van der Waals surface area contributed by atoms with Crippen molar-refractivity contribution in [3.63, 3.8) is 0 Å². The van der Waals surface area contributed by atoms with Crippen LogP contribution in [0.2, 0.25) is 0 Å². The summed E-state index contributed by atoms with van der Waals surface area (Å²) in [4.78, 5) is 27.0. The van der Waals surface area contributed by atoms with Crippen LogP contribution in [0.1, 0.15) is 18.0 Å². The molecule has 1 N–H and O–H groups in total. The van der Waals surface area contributed by atoms with Gasteiger partial charge in [-0.15, -0.1) is 0 Å². The fourth-order valence-electron chi connectivity index (χ4n) is 2.79. The smallest absolute Gasteiger partial charge is 0.269 e. The lowest BCUT2D eigenvalue weighted by Crippen LogP contribution is -2.15. The molecule has 0 saturated heterocycles. The number of furan rings is 1. The summed E-state index contributed by atoms with van der Waals surface area (Å²) < 4.78 is 11.9. The number of nitro groups is 1. The lowest BCUT2D eigenvalue weighted by atomic mass is 10.3. The molecule has 0 aliphatic heterocycles. The van der Waals surface area contributed by atoms with Gasteiger partial charge in [0.15, 0.2) is 5.76 Å². The number of nitro benzene ring substituents is 1. The van der Waals surface area contributed by atoms with Gasteiger partial charge in [-0.2, -0.15) is 10.1 Å². The number of aromatic nitrogens is 4. The van der Waals surface area contributed by atoms with Crippen LogP contribution in [-0.4, -0.2) is 30.8 Å². The molecule has 1 aromatic carbocycles. The SMILES string of the molecule is Cc1cc(NC(=O)CCc2nc(-c3ccco3)no2)n(-c2ccc([N+](=O)[O-])cc2)n1. The van der Waals surface area contributed by atoms with E-state index in [0.717, 1.165) is 0 Å². The molecule has 4 rings (SSSR count). The number of anilines is 1. The van der Waals surface area contributed by atoms with Gasteiger partial charge < -0.3 is 14.3 Å². The monoisotopic (exact) mass is 408 g/mol. The first-order valence-corrected chi connectivity index (χ1v) is 8.97. The molecule has 0 unspecified atom stereocenters. The lowest BCUT2D eigenvalue weighted by molar-refractivity contribution is -0.384. The van der Waals surface area contributed by atoms with Gasteiger partial charge >= 0.3 is 0 Å². The minimum atomic E-state index is -0.477. The van der Waals surface area contributed by atoms with Crippen LogP contribution in [0.15, 0.2) is 57.7 Å². The van der Waals surface area contributed by atoms with Crippen molar-refractivity contribution in [3.8, 4) is 17.3 Å². The summed E-state index contributed by atoms with van der Waals surface area (Å²) in [6.07, 6.45) is 1.88. The number of benzene rings is 1. The lowest BCUT2D eigenvalue weighted by Gasteiger charge is -2.08. The molecule has 152 valence electrons. The van der Waals surface area contributed by atoms with E-state index in [2.05, 4.69) is 20.6 Å². The largest absolute Gasteiger partial charge is 0.461 e. The highest BCUT2D eigenvalue weighted by atomic mass is 16.6. The van der Waals surface area contributed by atoms with E-state index in [4.69, 9.17) is 8.94 Å². The number of carbonyl (C=O) groups excluding carboxylic acids is 1. The van der Waals surface area contributed by atoms with Crippen molar-refractivity contribution in [3.05, 3.63) is 70.4 Å². The number of non-ortho nitro benzene ring substituents is 1. The molecule has 30 heavy (non-hydrogen) atoms. The Morgan fingerprint density at radius 3 is 2.77 bits per heavy atom. The average Bonchev–Trinajstić information content (AvgIpc) is 3.47. The average molecular weight is 408 g/mol. The zero-order valence-corrected chi connectivity index (χ0v) is 15.8. The Morgan fingerprint density at radius 2 is 2.07 bits per heavy atom. The molecule has 11 nitrogen and oxygen atoms in total. The van der Waals surface area contributed by atoms with E-state index >= 15 is 0 Å². The summed E-state index contributed by atoms with van der Waals surface area (Å²) in [5.41, 5.74) is 1.24. The van der Waals surface area contributed by atoms with Crippen LogP contribution >= 0.6 is 0 Å². The van der Waals surface area contributed by atoms with Gasteiger partial charge in [-0.1, -0.05) is 5.16 Å². The third-order valence-corrected chi connectivity index (χ3v) is 4.18. The molecule has 4 aromatic rings. The number of carbonyl (C=O) groups is 1. The molecule has 1 amide bonds. The predicted molar refractivity (Wildman–Crippen MR) is 104 cm³/mol. The molecule has 11 heteroatoms. The Hall–Kier alpha value is -4.28. The van der Waals surface area contributed by atoms with Crippen molar-refractivity contribution in [2.45, 2.75) is 19.8 Å². The Kier molecular flexibility index (Phi) is 5.08. The Balaban J connectivity index is 1.42. The molecule has 0 bridgehead atoms. The summed E-state index contributed by atoms with van der Waals surface area (Å²) >= 11 is 0. The Labute approximate surface area is 169 Å². The second-order valence-corrected chi connectivity index (χ2v) is 6.39. The van der Waals surface area contributed by atoms with Crippen molar-refractivity contribution in [1.82, 2.24) is 19.9 Å². The van der Waals surface area contributed by atoms with Crippen LogP contribution in [0.4, 0.5) is 11.5 Å². The van der Waals surface area contributed by atoms with Gasteiger partial charge in [0.25, 0.3) is 5.69 Å². The van der Waals surface area contributed by atoms with E-state index in [-0.39, 0.29) is 24.4 Å². The molecule has 0 aliphatic carbocycles. The van der Waals surface area contributed by atoms with Crippen molar-refractivity contribution < 1.29 is 18.7 Å². The minimum absolute atomic E-state index is 0.0262. The first kappa shape index (κ1) is 19.1. The summed E-state index contributed by atoms with van der Waals surface area (Å²) in [7, 11) is 0. The summed E-state index contributed by atoms with van der Waals surface area (Å²) in [6.45, 7) is 1.78. The Bertz CT molecular complexity index is 1180. The van der Waals surface area contributed by atoms with E-state index in [0.29, 0.717) is 34.7 Å². The molecular formula is C19H16N6O5. The van der Waals surface area contributed by atoms with Gasteiger partial charge in [-0.05, 0) is 31.2 Å². The van der Waals surface area contributed by atoms with E-state index in [1.54, 1.807) is 37.3 Å². The van der Waals surface area contributed by atoms with Gasteiger partial charge in [-0.3, -0.25) is 14.9 Å². The van der Waals surface area contributed by atoms with Gasteiger partial charge in [0.1, 0.15) is 5.82 Å². The van der Waals surface area contributed by atoms with Crippen molar-refractivity contribution in [2.24, 2.45) is 0 Å². The molecule has 0 spiro atoms. The zero-order valence-electron chi connectivity index (χ0n) is 15.8. The fraction of sp³-hybridized carbons (Fsp3) is 0.158. The van der Waals surface area contributed by atoms with E-state index in [1.807, 2.05) is 0 Å². The van der Waals surface area contributed by atoms with Crippen LogP contribution in [-0.2, 0) is 11.2 Å². The van der Waals surface area contributed by atoms with Crippen molar-refractivity contribution in [1.29, 1.82) is 0 Å². The quantitative estimate of drug-likeness (QED) is 0.362. The predicted octanol–water partition coefficient (Wildman–Crippen LogP) is 3.30. The molecule has 0 aliphatic rings. The molecule has 0 atom stereocenters. The van der Waals surface area contributed by atoms with Crippen LogP contribution < -0.4 is 5.32 Å². The standard InChI is InChI=1S/C19H16N6O5/c1-12-11-16(24(22-12)13-4-6-14(7-5-13)25(27)28)20-17(26)8-9-18-21-19(23-30-18)15-3-2-10-29-15/h2-7,10-11H,8-9H2,1H3,(H,20,26). The highest BCUT2D eigenvalue weighted by molar-refractivity contribution is 5.90. The van der Waals surface area contributed by atoms with Gasteiger partial charge in [0.2, 0.25) is 17.6 Å². The van der Waals surface area contributed by atoms with Crippen LogP contribution in [0.25, 0.3) is 17.3 Å². The van der Waals surface area contributed by atoms with Crippen LogP contribution in [0.5, 0.6) is 0 Å². The molecule has 0 saturated carbocycles. The molecule has 3 heterocycles. The zero-order chi connectivity index (χ0) is 21.1. The molecule has 0 radical (unpaired) electrons. The maximum atomic E-state index is 12.4. The van der Waals surface area contributed by atoms with E-state index < -0.39 is 4.92 Å². The number of nitrogens with zero attached hydrogens (tertiary/aromatic N) is 5. The molecule has 0 fully saturated rings. The normalized spacial score (nSPS) is 10.8. The number of nitrogens with one attached hydrogen (secondary N) is 1. The summed E-state index contributed by atoms with van der Waals surface area (Å²) in [5.74, 6) is 1.31. The topological polar surface area (TPSA) is 142 Å². The summed E-state index contributed by atoms with van der Waals surface area (Å²) in [6, 6.07) is 11.0. The number of rotatable bonds is 7.